The number of aryl methyl sites for hydroxylation is 3. The minimum Gasteiger partial charge on any atom is -0.461 e. The third-order valence-electron chi connectivity index (χ3n) is 4.27. The van der Waals surface area contributed by atoms with Crippen molar-refractivity contribution in [3.05, 3.63) is 39.3 Å². The molecule has 1 aliphatic carbocycles. The van der Waals surface area contributed by atoms with E-state index >= 15 is 0 Å². The first-order valence-corrected chi connectivity index (χ1v) is 7.04. The number of furan rings is 1. The van der Waals surface area contributed by atoms with Crippen LogP contribution in [0.5, 0.6) is 0 Å². The van der Waals surface area contributed by atoms with Crippen LogP contribution in [0.15, 0.2) is 21.0 Å². The summed E-state index contributed by atoms with van der Waals surface area (Å²) in [6.45, 7) is 4.10. The molecule has 3 heteroatoms. The molecule has 96 valence electrons. The Kier molecular flexibility index (Phi) is 2.19. The van der Waals surface area contributed by atoms with Crippen molar-refractivity contribution in [3.8, 4) is 0 Å². The topological polar surface area (TPSA) is 26.3 Å². The maximum Gasteiger partial charge on any atom is 0.194 e. The van der Waals surface area contributed by atoms with Crippen LogP contribution in [0.1, 0.15) is 28.9 Å². The lowest BCUT2D eigenvalue weighted by Gasteiger charge is -2.05. The van der Waals surface area contributed by atoms with E-state index < -0.39 is 0 Å². The van der Waals surface area contributed by atoms with Crippen LogP contribution < -0.4 is 0 Å². The van der Waals surface area contributed by atoms with Crippen molar-refractivity contribution in [2.75, 3.05) is 0 Å². The van der Waals surface area contributed by atoms with Gasteiger partial charge in [-0.15, -0.1) is 0 Å². The molecule has 1 aromatic carbocycles. The Balaban J connectivity index is 2.22. The first-order valence-electron chi connectivity index (χ1n) is 6.63. The molecule has 0 fully saturated rings. The molecule has 0 atom stereocenters. The molecule has 0 spiro atoms. The van der Waals surface area contributed by atoms with Crippen LogP contribution in [-0.4, -0.2) is 0 Å². The second-order valence-corrected chi connectivity index (χ2v) is 5.70. The predicted molar refractivity (Wildman–Crippen MR) is 78.3 cm³/mol. The smallest absolute Gasteiger partial charge is 0.194 e. The summed E-state index contributed by atoms with van der Waals surface area (Å²) in [6.07, 6.45) is 3.33. The van der Waals surface area contributed by atoms with Gasteiger partial charge in [0.1, 0.15) is 16.9 Å². The standard InChI is InChI=1S/C16H14O2S/c1-8-9(2)17-14-7-15-13(6-12(8)14)10-4-3-5-11(10)16(19)18-15/h6-7H,3-5H2,1-2H3. The van der Waals surface area contributed by atoms with Gasteiger partial charge in [-0.05, 0) is 62.5 Å². The normalized spacial score (nSPS) is 14.4. The van der Waals surface area contributed by atoms with Gasteiger partial charge in [-0.25, -0.2) is 0 Å². The molecule has 0 radical (unpaired) electrons. The molecular formula is C16H14O2S. The van der Waals surface area contributed by atoms with Crippen LogP contribution in [-0.2, 0) is 12.8 Å². The lowest BCUT2D eigenvalue weighted by molar-refractivity contribution is 0.566. The molecule has 0 N–H and O–H groups in total. The number of hydrogen-bond donors (Lipinski definition) is 0. The molecule has 2 heterocycles. The largest absolute Gasteiger partial charge is 0.461 e. The summed E-state index contributed by atoms with van der Waals surface area (Å²) in [5, 5.41) is 2.39. The molecule has 4 rings (SSSR count). The van der Waals surface area contributed by atoms with Crippen LogP contribution >= 0.6 is 12.2 Å². The first kappa shape index (κ1) is 11.2. The minimum absolute atomic E-state index is 0.652. The Bertz CT molecular complexity index is 883. The Labute approximate surface area is 116 Å². The van der Waals surface area contributed by atoms with Gasteiger partial charge in [-0.2, -0.15) is 0 Å². The van der Waals surface area contributed by atoms with E-state index in [9.17, 15) is 0 Å². The van der Waals surface area contributed by atoms with E-state index in [0.717, 1.165) is 29.8 Å². The zero-order valence-electron chi connectivity index (χ0n) is 11.0. The number of rotatable bonds is 0. The molecular weight excluding hydrogens is 256 g/mol. The van der Waals surface area contributed by atoms with Gasteiger partial charge in [0.2, 0.25) is 0 Å². The van der Waals surface area contributed by atoms with Crippen molar-refractivity contribution >= 4 is 34.2 Å². The Morgan fingerprint density at radius 2 is 1.68 bits per heavy atom. The summed E-state index contributed by atoms with van der Waals surface area (Å²) in [6, 6.07) is 4.19. The van der Waals surface area contributed by atoms with Crippen molar-refractivity contribution < 1.29 is 8.83 Å². The van der Waals surface area contributed by atoms with Crippen LogP contribution in [0.2, 0.25) is 0 Å². The van der Waals surface area contributed by atoms with Gasteiger partial charge in [-0.3, -0.25) is 0 Å². The van der Waals surface area contributed by atoms with E-state index in [4.69, 9.17) is 21.1 Å². The highest BCUT2D eigenvalue weighted by Crippen LogP contribution is 2.35. The van der Waals surface area contributed by atoms with E-state index in [1.807, 2.05) is 13.0 Å². The second-order valence-electron chi connectivity index (χ2n) is 5.33. The van der Waals surface area contributed by atoms with Gasteiger partial charge < -0.3 is 8.83 Å². The molecule has 0 bridgehead atoms. The fourth-order valence-electron chi connectivity index (χ4n) is 3.12. The third kappa shape index (κ3) is 1.45. The number of hydrogen-bond acceptors (Lipinski definition) is 3. The number of fused-ring (bicyclic) bond motifs is 4. The second kappa shape index (κ2) is 3.70. The van der Waals surface area contributed by atoms with Gasteiger partial charge in [0, 0.05) is 22.4 Å². The van der Waals surface area contributed by atoms with E-state index in [1.54, 1.807) is 0 Å². The molecule has 3 aromatic rings. The maximum absolute atomic E-state index is 5.82. The monoisotopic (exact) mass is 270 g/mol. The highest BCUT2D eigenvalue weighted by molar-refractivity contribution is 7.71. The lowest BCUT2D eigenvalue weighted by atomic mass is 10.0. The van der Waals surface area contributed by atoms with Gasteiger partial charge in [-0.1, -0.05) is 0 Å². The predicted octanol–water partition coefficient (Wildman–Crippen LogP) is 5.01. The summed E-state index contributed by atoms with van der Waals surface area (Å²) >= 11 is 5.36. The molecule has 0 aliphatic heterocycles. The van der Waals surface area contributed by atoms with Crippen molar-refractivity contribution in [1.29, 1.82) is 0 Å². The fraction of sp³-hybridized carbons (Fsp3) is 0.312. The van der Waals surface area contributed by atoms with E-state index in [-0.39, 0.29) is 0 Å². The van der Waals surface area contributed by atoms with Crippen LogP contribution in [0.3, 0.4) is 0 Å². The summed E-state index contributed by atoms with van der Waals surface area (Å²) in [5.74, 6) is 0.973. The van der Waals surface area contributed by atoms with Gasteiger partial charge >= 0.3 is 0 Å². The molecule has 2 aromatic heterocycles. The Hall–Kier alpha value is -1.61. The summed E-state index contributed by atoms with van der Waals surface area (Å²) in [4.78, 5) is 0. The maximum atomic E-state index is 5.82. The van der Waals surface area contributed by atoms with Crippen LogP contribution in [0.25, 0.3) is 21.9 Å². The highest BCUT2D eigenvalue weighted by atomic mass is 32.1. The molecule has 19 heavy (non-hydrogen) atoms. The molecule has 0 amide bonds. The zero-order chi connectivity index (χ0) is 13.1. The van der Waals surface area contributed by atoms with E-state index in [2.05, 4.69) is 13.0 Å². The Morgan fingerprint density at radius 1 is 0.947 bits per heavy atom. The van der Waals surface area contributed by atoms with Gasteiger partial charge in [0.05, 0.1) is 0 Å². The summed E-state index contributed by atoms with van der Waals surface area (Å²) in [5.41, 5.74) is 5.57. The SMILES string of the molecule is Cc1oc2cc3oc(=S)c4c(c3cc2c1C)CCC4. The fourth-order valence-corrected chi connectivity index (χ4v) is 3.43. The average molecular weight is 270 g/mol. The van der Waals surface area contributed by atoms with Crippen molar-refractivity contribution in [1.82, 2.24) is 0 Å². The molecule has 0 unspecified atom stereocenters. The average Bonchev–Trinajstić information content (AvgIpc) is 2.95. The summed E-state index contributed by atoms with van der Waals surface area (Å²) in [7, 11) is 0. The quantitative estimate of drug-likeness (QED) is 0.537. The first-order chi connectivity index (χ1) is 9.15. The minimum atomic E-state index is 0.652. The third-order valence-corrected chi connectivity index (χ3v) is 4.60. The summed E-state index contributed by atoms with van der Waals surface area (Å²) < 4.78 is 12.2. The molecule has 0 saturated heterocycles. The highest BCUT2D eigenvalue weighted by Gasteiger charge is 2.19. The lowest BCUT2D eigenvalue weighted by Crippen LogP contribution is -1.87. The zero-order valence-corrected chi connectivity index (χ0v) is 11.8. The van der Waals surface area contributed by atoms with Crippen LogP contribution in [0.4, 0.5) is 0 Å². The van der Waals surface area contributed by atoms with Crippen molar-refractivity contribution in [2.45, 2.75) is 33.1 Å². The van der Waals surface area contributed by atoms with Gasteiger partial charge in [0.25, 0.3) is 0 Å². The molecule has 1 aliphatic rings. The van der Waals surface area contributed by atoms with E-state index in [0.29, 0.717) is 4.71 Å². The molecule has 2 nitrogen and oxygen atoms in total. The number of benzene rings is 1. The Morgan fingerprint density at radius 3 is 2.53 bits per heavy atom. The van der Waals surface area contributed by atoms with Crippen molar-refractivity contribution in [3.63, 3.8) is 0 Å². The van der Waals surface area contributed by atoms with Gasteiger partial charge in [0.15, 0.2) is 4.71 Å². The van der Waals surface area contributed by atoms with E-state index in [1.165, 1.54) is 33.9 Å². The molecule has 0 saturated carbocycles. The van der Waals surface area contributed by atoms with Crippen molar-refractivity contribution in [2.24, 2.45) is 0 Å². The van der Waals surface area contributed by atoms with Crippen LogP contribution in [0, 0.1) is 18.6 Å².